The van der Waals surface area contributed by atoms with Crippen molar-refractivity contribution in [3.63, 3.8) is 0 Å². The molecule has 1 aliphatic heterocycles. The van der Waals surface area contributed by atoms with Crippen LogP contribution in [0.1, 0.15) is 18.5 Å². The molecule has 0 bridgehead atoms. The van der Waals surface area contributed by atoms with Gasteiger partial charge in [0.2, 0.25) is 6.79 Å². The Kier molecular flexibility index (Phi) is 3.92. The Morgan fingerprint density at radius 1 is 1.10 bits per heavy atom. The molecule has 1 aliphatic rings. The normalized spacial score (nSPS) is 13.6. The largest absolute Gasteiger partial charge is 0.454 e. The second-order valence-electron chi connectivity index (χ2n) is 4.80. The topological polar surface area (TPSA) is 42.5 Å². The van der Waals surface area contributed by atoms with Crippen molar-refractivity contribution in [2.24, 2.45) is 0 Å². The van der Waals surface area contributed by atoms with Gasteiger partial charge in [-0.3, -0.25) is 0 Å². The summed E-state index contributed by atoms with van der Waals surface area (Å²) in [5.74, 6) is 1.50. The van der Waals surface area contributed by atoms with Gasteiger partial charge < -0.3 is 20.1 Å². The third-order valence-corrected chi connectivity index (χ3v) is 3.50. The molecular formula is C16H16N2O2S. The summed E-state index contributed by atoms with van der Waals surface area (Å²) < 4.78 is 10.6. The highest BCUT2D eigenvalue weighted by Crippen LogP contribution is 2.34. The van der Waals surface area contributed by atoms with Gasteiger partial charge in [0, 0.05) is 11.8 Å². The van der Waals surface area contributed by atoms with Crippen LogP contribution >= 0.6 is 12.2 Å². The predicted molar refractivity (Wildman–Crippen MR) is 86.8 cm³/mol. The van der Waals surface area contributed by atoms with Crippen LogP contribution in [0.25, 0.3) is 0 Å². The number of ether oxygens (including phenoxy) is 2. The van der Waals surface area contributed by atoms with Crippen LogP contribution < -0.4 is 20.1 Å². The molecule has 1 atom stereocenters. The van der Waals surface area contributed by atoms with E-state index in [0.717, 1.165) is 17.2 Å². The van der Waals surface area contributed by atoms with Crippen LogP contribution in [0.2, 0.25) is 0 Å². The van der Waals surface area contributed by atoms with Crippen molar-refractivity contribution in [2.45, 2.75) is 13.0 Å². The summed E-state index contributed by atoms with van der Waals surface area (Å²) in [5, 5.41) is 6.99. The van der Waals surface area contributed by atoms with E-state index < -0.39 is 0 Å². The van der Waals surface area contributed by atoms with E-state index in [2.05, 4.69) is 29.7 Å². The van der Waals surface area contributed by atoms with Crippen LogP contribution in [0.5, 0.6) is 11.5 Å². The van der Waals surface area contributed by atoms with Crippen LogP contribution in [-0.2, 0) is 0 Å². The molecule has 0 fully saturated rings. The van der Waals surface area contributed by atoms with Crippen molar-refractivity contribution < 1.29 is 9.47 Å². The number of fused-ring (bicyclic) bond motifs is 1. The number of thiocarbonyl (C=S) groups is 1. The molecule has 0 spiro atoms. The lowest BCUT2D eigenvalue weighted by Gasteiger charge is -2.17. The molecule has 0 saturated heterocycles. The lowest BCUT2D eigenvalue weighted by atomic mass is 10.1. The lowest BCUT2D eigenvalue weighted by Crippen LogP contribution is -2.30. The van der Waals surface area contributed by atoms with Crippen molar-refractivity contribution in [2.75, 3.05) is 12.1 Å². The molecule has 0 saturated carbocycles. The van der Waals surface area contributed by atoms with Crippen molar-refractivity contribution in [1.82, 2.24) is 5.32 Å². The lowest BCUT2D eigenvalue weighted by molar-refractivity contribution is 0.174. The van der Waals surface area contributed by atoms with E-state index in [1.807, 2.05) is 36.4 Å². The first-order chi connectivity index (χ1) is 10.2. The second-order valence-corrected chi connectivity index (χ2v) is 5.21. The number of anilines is 1. The van der Waals surface area contributed by atoms with E-state index in [0.29, 0.717) is 5.11 Å². The van der Waals surface area contributed by atoms with Gasteiger partial charge in [0.1, 0.15) is 0 Å². The highest BCUT2D eigenvalue weighted by Gasteiger charge is 2.14. The fraction of sp³-hybridized carbons (Fsp3) is 0.188. The molecule has 4 nitrogen and oxygen atoms in total. The summed E-state index contributed by atoms with van der Waals surface area (Å²) in [7, 11) is 0. The van der Waals surface area contributed by atoms with E-state index in [1.165, 1.54) is 5.56 Å². The Hall–Kier alpha value is -2.27. The molecule has 21 heavy (non-hydrogen) atoms. The fourth-order valence-corrected chi connectivity index (χ4v) is 2.46. The summed E-state index contributed by atoms with van der Waals surface area (Å²) >= 11 is 5.35. The molecule has 2 aromatic carbocycles. The van der Waals surface area contributed by atoms with Crippen LogP contribution in [0.4, 0.5) is 5.69 Å². The van der Waals surface area contributed by atoms with E-state index in [1.54, 1.807) is 0 Å². The van der Waals surface area contributed by atoms with E-state index in [-0.39, 0.29) is 12.8 Å². The zero-order chi connectivity index (χ0) is 14.7. The van der Waals surface area contributed by atoms with Gasteiger partial charge in [-0.15, -0.1) is 0 Å². The molecule has 0 radical (unpaired) electrons. The first-order valence-corrected chi connectivity index (χ1v) is 7.15. The molecular weight excluding hydrogens is 284 g/mol. The number of nitrogens with one attached hydrogen (secondary N) is 2. The third kappa shape index (κ3) is 3.25. The second kappa shape index (κ2) is 6.01. The summed E-state index contributed by atoms with van der Waals surface area (Å²) in [6.07, 6.45) is 0. The Balaban J connectivity index is 1.61. The summed E-state index contributed by atoms with van der Waals surface area (Å²) in [6.45, 7) is 2.34. The summed E-state index contributed by atoms with van der Waals surface area (Å²) in [5.41, 5.74) is 2.06. The maximum atomic E-state index is 5.35. The molecule has 2 N–H and O–H groups in total. The van der Waals surface area contributed by atoms with E-state index in [4.69, 9.17) is 21.7 Å². The van der Waals surface area contributed by atoms with E-state index in [9.17, 15) is 0 Å². The Morgan fingerprint density at radius 2 is 1.86 bits per heavy atom. The number of hydrogen-bond donors (Lipinski definition) is 2. The highest BCUT2D eigenvalue weighted by atomic mass is 32.1. The minimum absolute atomic E-state index is 0.139. The van der Waals surface area contributed by atoms with Crippen LogP contribution in [-0.4, -0.2) is 11.9 Å². The summed E-state index contributed by atoms with van der Waals surface area (Å²) in [6, 6.07) is 16.0. The zero-order valence-electron chi connectivity index (χ0n) is 11.6. The van der Waals surface area contributed by atoms with Crippen LogP contribution in [0.15, 0.2) is 48.5 Å². The molecule has 5 heteroatoms. The molecule has 0 aromatic heterocycles. The van der Waals surface area contributed by atoms with Crippen molar-refractivity contribution in [3.05, 3.63) is 54.1 Å². The highest BCUT2D eigenvalue weighted by molar-refractivity contribution is 7.80. The standard InChI is InChI=1S/C16H16N2O2S/c1-11(12-5-3-2-4-6-12)17-16(21)18-13-7-8-14-15(9-13)20-10-19-14/h2-9,11H,10H2,1H3,(H2,17,18,21)/t11-/m0/s1. The monoisotopic (exact) mass is 300 g/mol. The number of hydrogen-bond acceptors (Lipinski definition) is 3. The van der Waals surface area contributed by atoms with E-state index >= 15 is 0 Å². The fourth-order valence-electron chi connectivity index (χ4n) is 2.16. The maximum Gasteiger partial charge on any atom is 0.231 e. The molecule has 0 unspecified atom stereocenters. The Morgan fingerprint density at radius 3 is 2.67 bits per heavy atom. The average molecular weight is 300 g/mol. The molecule has 108 valence electrons. The maximum absolute atomic E-state index is 5.35. The van der Waals surface area contributed by atoms with Gasteiger partial charge in [-0.05, 0) is 36.8 Å². The minimum atomic E-state index is 0.139. The summed E-state index contributed by atoms with van der Waals surface area (Å²) in [4.78, 5) is 0. The van der Waals surface area contributed by atoms with Crippen LogP contribution in [0, 0.1) is 0 Å². The molecule has 0 aliphatic carbocycles. The Bertz CT molecular complexity index is 646. The molecule has 3 rings (SSSR count). The van der Waals surface area contributed by atoms with Crippen LogP contribution in [0.3, 0.4) is 0 Å². The van der Waals surface area contributed by atoms with Gasteiger partial charge in [0.25, 0.3) is 0 Å². The van der Waals surface area contributed by atoms with Gasteiger partial charge in [0.15, 0.2) is 16.6 Å². The molecule has 1 heterocycles. The number of benzene rings is 2. The van der Waals surface area contributed by atoms with Gasteiger partial charge in [0.05, 0.1) is 6.04 Å². The third-order valence-electron chi connectivity index (χ3n) is 3.28. The molecule has 2 aromatic rings. The van der Waals surface area contributed by atoms with Gasteiger partial charge in [-0.1, -0.05) is 30.3 Å². The minimum Gasteiger partial charge on any atom is -0.454 e. The zero-order valence-corrected chi connectivity index (χ0v) is 12.4. The quantitative estimate of drug-likeness (QED) is 0.850. The van der Waals surface area contributed by atoms with Crippen molar-refractivity contribution in [1.29, 1.82) is 0 Å². The van der Waals surface area contributed by atoms with Gasteiger partial charge in [-0.25, -0.2) is 0 Å². The van der Waals surface area contributed by atoms with Gasteiger partial charge >= 0.3 is 0 Å². The Labute approximate surface area is 129 Å². The number of rotatable bonds is 3. The molecule has 0 amide bonds. The first-order valence-electron chi connectivity index (χ1n) is 6.74. The van der Waals surface area contributed by atoms with Gasteiger partial charge in [-0.2, -0.15) is 0 Å². The first kappa shape index (κ1) is 13.7. The SMILES string of the molecule is C[C@H](NC(=S)Nc1ccc2c(c1)OCO2)c1ccccc1. The smallest absolute Gasteiger partial charge is 0.231 e. The van der Waals surface area contributed by atoms with Crippen molar-refractivity contribution >= 4 is 23.0 Å². The average Bonchev–Trinajstić information content (AvgIpc) is 2.95. The van der Waals surface area contributed by atoms with Crippen molar-refractivity contribution in [3.8, 4) is 11.5 Å². The predicted octanol–water partition coefficient (Wildman–Crippen LogP) is 3.46.